The van der Waals surface area contributed by atoms with E-state index in [2.05, 4.69) is 0 Å². The van der Waals surface area contributed by atoms with Crippen LogP contribution in [0.2, 0.25) is 0 Å². The Labute approximate surface area is 139 Å². The van der Waals surface area contributed by atoms with Crippen LogP contribution in [0.15, 0.2) is 33.5 Å². The number of aromatic hydroxyl groups is 3. The zero-order valence-corrected chi connectivity index (χ0v) is 12.8. The Morgan fingerprint density at radius 2 is 1.48 bits per heavy atom. The number of benzene rings is 2. The quantitative estimate of drug-likeness (QED) is 0.448. The van der Waals surface area contributed by atoms with Gasteiger partial charge in [-0.05, 0) is 19.1 Å². The lowest BCUT2D eigenvalue weighted by Crippen LogP contribution is -2.22. The summed E-state index contributed by atoms with van der Waals surface area (Å²) in [5.74, 6) is -2.65. The van der Waals surface area contributed by atoms with Gasteiger partial charge < -0.3 is 19.7 Å². The summed E-state index contributed by atoms with van der Waals surface area (Å²) in [6, 6.07) is 4.19. The van der Waals surface area contributed by atoms with Crippen molar-refractivity contribution in [1.82, 2.24) is 0 Å². The van der Waals surface area contributed by atoms with Crippen LogP contribution in [0.1, 0.15) is 37.6 Å². The Morgan fingerprint density at radius 1 is 0.800 bits per heavy atom. The third kappa shape index (κ3) is 1.89. The number of carbonyl (C=O) groups excluding carboxylic acids is 2. The van der Waals surface area contributed by atoms with E-state index in [4.69, 9.17) is 4.42 Å². The van der Waals surface area contributed by atoms with Crippen molar-refractivity contribution in [2.75, 3.05) is 0 Å². The molecule has 0 amide bonds. The van der Waals surface area contributed by atoms with E-state index in [-0.39, 0.29) is 44.7 Å². The maximum absolute atomic E-state index is 12.9. The molecule has 7 nitrogen and oxygen atoms in total. The molecule has 0 atom stereocenters. The molecule has 1 heterocycles. The normalized spacial score (nSPS) is 13.0. The van der Waals surface area contributed by atoms with E-state index in [0.717, 1.165) is 24.3 Å². The fraction of sp³-hybridized carbons (Fsp3) is 0.0556. The standard InChI is InChI=1S/C18H10O7/c1-6-2-10(20)15-12(22)5-9-14(18(15)25-6)17(24)13-8(16(9)23)3-7(19)4-11(13)21/h2-5,19,21-22H,1H3. The van der Waals surface area contributed by atoms with E-state index in [0.29, 0.717) is 0 Å². The summed E-state index contributed by atoms with van der Waals surface area (Å²) < 4.78 is 5.46. The average molecular weight is 338 g/mol. The fourth-order valence-electron chi connectivity index (χ4n) is 3.14. The van der Waals surface area contributed by atoms with Crippen LogP contribution >= 0.6 is 0 Å². The molecular formula is C18H10O7. The summed E-state index contributed by atoms with van der Waals surface area (Å²) in [5, 5.41) is 29.5. The first-order valence-electron chi connectivity index (χ1n) is 7.25. The molecular weight excluding hydrogens is 328 g/mol. The molecule has 3 N–H and O–H groups in total. The minimum atomic E-state index is -0.735. The number of hydrogen-bond acceptors (Lipinski definition) is 7. The first kappa shape index (κ1) is 14.9. The number of hydrogen-bond donors (Lipinski definition) is 3. The van der Waals surface area contributed by atoms with Crippen LogP contribution in [0.4, 0.5) is 0 Å². The highest BCUT2D eigenvalue weighted by atomic mass is 16.3. The highest BCUT2D eigenvalue weighted by molar-refractivity contribution is 6.32. The van der Waals surface area contributed by atoms with Crippen LogP contribution in [-0.2, 0) is 0 Å². The van der Waals surface area contributed by atoms with Crippen LogP contribution in [0.25, 0.3) is 11.0 Å². The topological polar surface area (TPSA) is 125 Å². The lowest BCUT2D eigenvalue weighted by Gasteiger charge is -2.20. The largest absolute Gasteiger partial charge is 0.508 e. The highest BCUT2D eigenvalue weighted by Crippen LogP contribution is 2.40. The van der Waals surface area contributed by atoms with Gasteiger partial charge in [-0.1, -0.05) is 0 Å². The van der Waals surface area contributed by atoms with Gasteiger partial charge in [0.25, 0.3) is 0 Å². The number of fused-ring (bicyclic) bond motifs is 4. The monoisotopic (exact) mass is 338 g/mol. The summed E-state index contributed by atoms with van der Waals surface area (Å²) in [6.07, 6.45) is 0. The summed E-state index contributed by atoms with van der Waals surface area (Å²) in [6.45, 7) is 1.50. The predicted molar refractivity (Wildman–Crippen MR) is 85.5 cm³/mol. The second kappa shape index (κ2) is 4.70. The average Bonchev–Trinajstić information content (AvgIpc) is 2.50. The summed E-state index contributed by atoms with van der Waals surface area (Å²) in [4.78, 5) is 37.8. The van der Waals surface area contributed by atoms with Crippen molar-refractivity contribution < 1.29 is 29.3 Å². The van der Waals surface area contributed by atoms with E-state index in [1.807, 2.05) is 0 Å². The molecule has 0 radical (unpaired) electrons. The van der Waals surface area contributed by atoms with Crippen molar-refractivity contribution in [3.63, 3.8) is 0 Å². The number of aryl methyl sites for hydroxylation is 1. The van der Waals surface area contributed by atoms with Gasteiger partial charge in [-0.25, -0.2) is 0 Å². The Hall–Kier alpha value is -3.61. The van der Waals surface area contributed by atoms with Gasteiger partial charge in [-0.15, -0.1) is 0 Å². The van der Waals surface area contributed by atoms with E-state index in [9.17, 15) is 29.7 Å². The second-order valence-corrected chi connectivity index (χ2v) is 5.79. The van der Waals surface area contributed by atoms with E-state index in [1.165, 1.54) is 6.92 Å². The second-order valence-electron chi connectivity index (χ2n) is 5.79. The smallest absolute Gasteiger partial charge is 0.202 e. The number of rotatable bonds is 0. The SMILES string of the molecule is Cc1cc(=O)c2c(O)cc3c(c2o1)C(=O)c1c(O)cc(O)cc1C3=O. The van der Waals surface area contributed by atoms with Crippen molar-refractivity contribution in [2.45, 2.75) is 6.92 Å². The lowest BCUT2D eigenvalue weighted by atomic mass is 9.82. The lowest BCUT2D eigenvalue weighted by molar-refractivity contribution is 0.0976. The van der Waals surface area contributed by atoms with Gasteiger partial charge in [-0.3, -0.25) is 14.4 Å². The van der Waals surface area contributed by atoms with Crippen LogP contribution in [0.3, 0.4) is 0 Å². The molecule has 1 aromatic heterocycles. The Bertz CT molecular complexity index is 1180. The molecule has 0 saturated carbocycles. The van der Waals surface area contributed by atoms with E-state index < -0.39 is 28.5 Å². The van der Waals surface area contributed by atoms with Crippen LogP contribution in [0, 0.1) is 6.92 Å². The molecule has 0 spiro atoms. The van der Waals surface area contributed by atoms with Gasteiger partial charge in [0.15, 0.2) is 16.8 Å². The van der Waals surface area contributed by atoms with Crippen molar-refractivity contribution in [3.05, 3.63) is 62.5 Å². The molecule has 0 fully saturated rings. The number of carbonyl (C=O) groups is 2. The molecule has 4 rings (SSSR count). The summed E-state index contributed by atoms with van der Waals surface area (Å²) >= 11 is 0. The first-order chi connectivity index (χ1) is 11.8. The maximum atomic E-state index is 12.9. The molecule has 7 heteroatoms. The van der Waals surface area contributed by atoms with Gasteiger partial charge >= 0.3 is 0 Å². The molecule has 0 unspecified atom stereocenters. The van der Waals surface area contributed by atoms with Gasteiger partial charge in [0.1, 0.15) is 28.4 Å². The zero-order chi connectivity index (χ0) is 18.0. The molecule has 2 aromatic carbocycles. The Kier molecular flexibility index (Phi) is 2.81. The van der Waals surface area contributed by atoms with Gasteiger partial charge in [0, 0.05) is 23.3 Å². The van der Waals surface area contributed by atoms with Crippen LogP contribution in [-0.4, -0.2) is 26.9 Å². The summed E-state index contributed by atoms with van der Waals surface area (Å²) in [7, 11) is 0. The van der Waals surface area contributed by atoms with Gasteiger partial charge in [0.05, 0.1) is 11.1 Å². The predicted octanol–water partition coefficient (Wildman–Crippen LogP) is 1.99. The molecule has 1 aliphatic rings. The third-order valence-corrected chi connectivity index (χ3v) is 4.15. The number of phenols is 3. The van der Waals surface area contributed by atoms with Gasteiger partial charge in [-0.2, -0.15) is 0 Å². The minimum absolute atomic E-state index is 0.166. The molecule has 0 saturated heterocycles. The molecule has 0 aliphatic heterocycles. The maximum Gasteiger partial charge on any atom is 0.202 e. The molecule has 0 bridgehead atoms. The number of phenolic OH excluding ortho intramolecular Hbond substituents is 3. The van der Waals surface area contributed by atoms with E-state index >= 15 is 0 Å². The highest BCUT2D eigenvalue weighted by Gasteiger charge is 2.36. The molecule has 1 aliphatic carbocycles. The summed E-state index contributed by atoms with van der Waals surface area (Å²) in [5.41, 5.74) is -1.61. The Balaban J connectivity index is 2.20. The minimum Gasteiger partial charge on any atom is -0.508 e. The Morgan fingerprint density at radius 3 is 2.20 bits per heavy atom. The zero-order valence-electron chi connectivity index (χ0n) is 12.8. The van der Waals surface area contributed by atoms with Gasteiger partial charge in [0.2, 0.25) is 5.78 Å². The molecule has 124 valence electrons. The third-order valence-electron chi connectivity index (χ3n) is 4.15. The number of ketones is 2. The fourth-order valence-corrected chi connectivity index (χ4v) is 3.14. The van der Waals surface area contributed by atoms with E-state index in [1.54, 1.807) is 0 Å². The first-order valence-corrected chi connectivity index (χ1v) is 7.25. The van der Waals surface area contributed by atoms with Crippen LogP contribution in [0.5, 0.6) is 17.2 Å². The van der Waals surface area contributed by atoms with Crippen molar-refractivity contribution in [3.8, 4) is 17.2 Å². The van der Waals surface area contributed by atoms with Crippen LogP contribution < -0.4 is 5.43 Å². The van der Waals surface area contributed by atoms with Crippen molar-refractivity contribution >= 4 is 22.5 Å². The van der Waals surface area contributed by atoms with Crippen molar-refractivity contribution in [1.29, 1.82) is 0 Å². The van der Waals surface area contributed by atoms with Crippen molar-refractivity contribution in [2.24, 2.45) is 0 Å². The molecule has 25 heavy (non-hydrogen) atoms. The molecule has 3 aromatic rings.